The summed E-state index contributed by atoms with van der Waals surface area (Å²) >= 11 is 0. The van der Waals surface area contributed by atoms with Crippen LogP contribution in [0.5, 0.6) is 0 Å². The van der Waals surface area contributed by atoms with Gasteiger partial charge in [-0.15, -0.1) is 0 Å². The van der Waals surface area contributed by atoms with E-state index in [1.807, 2.05) is 0 Å². The predicted molar refractivity (Wildman–Crippen MR) is 67.6 cm³/mol. The molecule has 0 aromatic rings. The molecule has 1 aliphatic heterocycles. The van der Waals surface area contributed by atoms with Crippen LogP contribution in [0.1, 0.15) is 44.9 Å². The van der Waals surface area contributed by atoms with E-state index >= 15 is 0 Å². The van der Waals surface area contributed by atoms with Crippen LogP contribution in [0.2, 0.25) is 0 Å². The molecule has 2 aliphatic carbocycles. The molecule has 1 unspecified atom stereocenters. The maximum Gasteiger partial charge on any atom is 0.220 e. The number of amides is 1. The van der Waals surface area contributed by atoms with E-state index in [-0.39, 0.29) is 0 Å². The van der Waals surface area contributed by atoms with E-state index in [0.29, 0.717) is 17.9 Å². The molecular weight excluding hydrogens is 212 g/mol. The Labute approximate surface area is 104 Å². The first kappa shape index (κ1) is 11.5. The monoisotopic (exact) mass is 236 g/mol. The second-order valence-corrected chi connectivity index (χ2v) is 6.26. The van der Waals surface area contributed by atoms with Crippen LogP contribution in [0.15, 0.2) is 0 Å². The molecule has 2 saturated carbocycles. The summed E-state index contributed by atoms with van der Waals surface area (Å²) in [7, 11) is 0. The van der Waals surface area contributed by atoms with E-state index in [1.54, 1.807) is 0 Å². The van der Waals surface area contributed by atoms with Gasteiger partial charge in [-0.2, -0.15) is 0 Å². The van der Waals surface area contributed by atoms with Crippen molar-refractivity contribution in [1.29, 1.82) is 0 Å². The van der Waals surface area contributed by atoms with Crippen molar-refractivity contribution in [2.45, 2.75) is 51.0 Å². The number of hydrogen-bond acceptors (Lipinski definition) is 2. The van der Waals surface area contributed by atoms with Crippen molar-refractivity contribution in [3.8, 4) is 0 Å². The number of nitrogens with one attached hydrogen (secondary N) is 2. The first-order valence-electron chi connectivity index (χ1n) is 7.31. The Bertz CT molecular complexity index is 288. The molecule has 0 radical (unpaired) electrons. The van der Waals surface area contributed by atoms with Gasteiger partial charge in [-0.3, -0.25) is 4.79 Å². The maximum atomic E-state index is 11.9. The zero-order chi connectivity index (χ0) is 11.7. The molecule has 1 amide bonds. The van der Waals surface area contributed by atoms with Crippen LogP contribution in [-0.2, 0) is 4.79 Å². The van der Waals surface area contributed by atoms with E-state index in [1.165, 1.54) is 51.6 Å². The molecule has 3 heteroatoms. The van der Waals surface area contributed by atoms with Crippen LogP contribution < -0.4 is 10.6 Å². The zero-order valence-electron chi connectivity index (χ0n) is 10.6. The van der Waals surface area contributed by atoms with Gasteiger partial charge in [0, 0.05) is 12.5 Å². The summed E-state index contributed by atoms with van der Waals surface area (Å²) in [6.45, 7) is 2.37. The molecule has 0 aromatic carbocycles. The number of carbonyl (C=O) groups excluding carboxylic acids is 1. The number of fused-ring (bicyclic) bond motifs is 1. The minimum Gasteiger partial charge on any atom is -0.353 e. The van der Waals surface area contributed by atoms with Crippen LogP contribution in [0, 0.1) is 17.8 Å². The normalized spacial score (nSPS) is 37.3. The third kappa shape index (κ3) is 2.65. The Morgan fingerprint density at radius 2 is 1.94 bits per heavy atom. The largest absolute Gasteiger partial charge is 0.353 e. The van der Waals surface area contributed by atoms with Crippen LogP contribution >= 0.6 is 0 Å². The fourth-order valence-electron chi connectivity index (χ4n) is 3.68. The van der Waals surface area contributed by atoms with Crippen molar-refractivity contribution >= 4 is 5.91 Å². The Hall–Kier alpha value is -0.570. The summed E-state index contributed by atoms with van der Waals surface area (Å²) in [6, 6.07) is 0.462. The van der Waals surface area contributed by atoms with E-state index in [2.05, 4.69) is 10.6 Å². The van der Waals surface area contributed by atoms with Crippen molar-refractivity contribution in [3.63, 3.8) is 0 Å². The summed E-state index contributed by atoms with van der Waals surface area (Å²) in [4.78, 5) is 11.9. The van der Waals surface area contributed by atoms with E-state index in [4.69, 9.17) is 0 Å². The highest BCUT2D eigenvalue weighted by Gasteiger charge is 2.34. The second kappa shape index (κ2) is 4.97. The van der Waals surface area contributed by atoms with E-state index in [0.717, 1.165) is 18.3 Å². The fourth-order valence-corrected chi connectivity index (χ4v) is 3.68. The van der Waals surface area contributed by atoms with Crippen molar-refractivity contribution in [2.75, 3.05) is 13.1 Å². The van der Waals surface area contributed by atoms with Crippen molar-refractivity contribution in [1.82, 2.24) is 10.6 Å². The average Bonchev–Trinajstić information content (AvgIpc) is 2.71. The molecule has 3 fully saturated rings. The molecule has 1 heterocycles. The van der Waals surface area contributed by atoms with Crippen molar-refractivity contribution in [3.05, 3.63) is 0 Å². The van der Waals surface area contributed by atoms with Gasteiger partial charge in [0.15, 0.2) is 0 Å². The lowest BCUT2D eigenvalue weighted by Crippen LogP contribution is -2.41. The quantitative estimate of drug-likeness (QED) is 0.783. The number of carbonyl (C=O) groups is 1. The van der Waals surface area contributed by atoms with Gasteiger partial charge >= 0.3 is 0 Å². The Morgan fingerprint density at radius 1 is 1.12 bits per heavy atom. The lowest BCUT2D eigenvalue weighted by atomic mass is 9.78. The van der Waals surface area contributed by atoms with E-state index < -0.39 is 0 Å². The zero-order valence-corrected chi connectivity index (χ0v) is 10.6. The topological polar surface area (TPSA) is 41.1 Å². The third-order valence-electron chi connectivity index (χ3n) is 5.02. The highest BCUT2D eigenvalue weighted by molar-refractivity contribution is 5.76. The molecule has 1 saturated heterocycles. The minimum absolute atomic E-state index is 0.309. The van der Waals surface area contributed by atoms with Crippen molar-refractivity contribution < 1.29 is 4.79 Å². The van der Waals surface area contributed by atoms with Gasteiger partial charge in [0.2, 0.25) is 5.91 Å². The summed E-state index contributed by atoms with van der Waals surface area (Å²) in [5.41, 5.74) is 0. The van der Waals surface area contributed by atoms with Gasteiger partial charge in [0.1, 0.15) is 0 Å². The molecule has 0 spiro atoms. The Kier molecular flexibility index (Phi) is 3.37. The standard InChI is InChI=1S/C14H24N2O/c17-14(6-10-2-1-3-10)16-13-5-4-11-8-15-9-12(11)7-13/h10-13,15H,1-9H2,(H,16,17)/t11-,12+,13?/m0/s1. The van der Waals surface area contributed by atoms with Crippen LogP contribution in [0.3, 0.4) is 0 Å². The molecule has 0 bridgehead atoms. The van der Waals surface area contributed by atoms with Crippen LogP contribution in [-0.4, -0.2) is 25.0 Å². The number of rotatable bonds is 3. The highest BCUT2D eigenvalue weighted by Crippen LogP contribution is 2.33. The van der Waals surface area contributed by atoms with Gasteiger partial charge in [0.25, 0.3) is 0 Å². The third-order valence-corrected chi connectivity index (χ3v) is 5.02. The highest BCUT2D eigenvalue weighted by atomic mass is 16.1. The van der Waals surface area contributed by atoms with Crippen LogP contribution in [0.25, 0.3) is 0 Å². The molecule has 3 nitrogen and oxygen atoms in total. The first-order chi connectivity index (χ1) is 8.31. The molecule has 2 N–H and O–H groups in total. The first-order valence-corrected chi connectivity index (χ1v) is 7.31. The summed E-state index contributed by atoms with van der Waals surface area (Å²) in [5, 5.41) is 6.74. The Morgan fingerprint density at radius 3 is 2.71 bits per heavy atom. The molecule has 17 heavy (non-hydrogen) atoms. The van der Waals surface area contributed by atoms with Gasteiger partial charge in [-0.25, -0.2) is 0 Å². The van der Waals surface area contributed by atoms with Gasteiger partial charge < -0.3 is 10.6 Å². The SMILES string of the molecule is O=C(CC1CCC1)NC1CC[C@H]2CNC[C@H]2C1. The summed E-state index contributed by atoms with van der Waals surface area (Å²) < 4.78 is 0. The number of hydrogen-bond donors (Lipinski definition) is 2. The van der Waals surface area contributed by atoms with E-state index in [9.17, 15) is 4.79 Å². The summed E-state index contributed by atoms with van der Waals surface area (Å²) in [5.74, 6) is 2.70. The lowest BCUT2D eigenvalue weighted by molar-refractivity contribution is -0.123. The van der Waals surface area contributed by atoms with Crippen molar-refractivity contribution in [2.24, 2.45) is 17.8 Å². The second-order valence-electron chi connectivity index (χ2n) is 6.26. The predicted octanol–water partition coefficient (Wildman–Crippen LogP) is 1.68. The molecule has 3 aliphatic rings. The molecule has 96 valence electrons. The molecule has 3 atom stereocenters. The molecular formula is C14H24N2O. The van der Waals surface area contributed by atoms with Gasteiger partial charge in [0.05, 0.1) is 0 Å². The minimum atomic E-state index is 0.309. The molecule has 0 aromatic heterocycles. The van der Waals surface area contributed by atoms with Gasteiger partial charge in [-0.1, -0.05) is 6.42 Å². The molecule has 3 rings (SSSR count). The fraction of sp³-hybridized carbons (Fsp3) is 0.929. The van der Waals surface area contributed by atoms with Crippen LogP contribution in [0.4, 0.5) is 0 Å². The van der Waals surface area contributed by atoms with Gasteiger partial charge in [-0.05, 0) is 62.9 Å². The smallest absolute Gasteiger partial charge is 0.220 e. The maximum absolute atomic E-state index is 11.9. The average molecular weight is 236 g/mol. The summed E-state index contributed by atoms with van der Waals surface area (Å²) in [6.07, 6.45) is 8.35. The Balaban J connectivity index is 1.43. The lowest BCUT2D eigenvalue weighted by Gasteiger charge is -2.32.